The van der Waals surface area contributed by atoms with E-state index >= 15 is 0 Å². The zero-order chi connectivity index (χ0) is 15.9. The van der Waals surface area contributed by atoms with Crippen LogP contribution in [0.15, 0.2) is 34.8 Å². The molecule has 2 N–H and O–H groups in total. The lowest BCUT2D eigenvalue weighted by Gasteiger charge is -2.19. The van der Waals surface area contributed by atoms with Crippen molar-refractivity contribution < 1.29 is 14.4 Å². The van der Waals surface area contributed by atoms with Crippen molar-refractivity contribution in [3.63, 3.8) is 0 Å². The Morgan fingerprint density at radius 2 is 1.86 bits per heavy atom. The maximum absolute atomic E-state index is 11.8. The van der Waals surface area contributed by atoms with Crippen molar-refractivity contribution in [1.29, 1.82) is 0 Å². The van der Waals surface area contributed by atoms with Gasteiger partial charge < -0.3 is 5.32 Å². The fourth-order valence-electron chi connectivity index (χ4n) is 2.27. The predicted octanol–water partition coefficient (Wildman–Crippen LogP) is 2.02. The van der Waals surface area contributed by atoms with Gasteiger partial charge in [0, 0.05) is 30.3 Å². The Bertz CT molecular complexity index is 580. The lowest BCUT2D eigenvalue weighted by atomic mass is 9.93. The average molecular weight is 365 g/mol. The highest BCUT2D eigenvalue weighted by Gasteiger charge is 2.26. The van der Waals surface area contributed by atoms with Gasteiger partial charge in [0.15, 0.2) is 0 Å². The molecule has 0 saturated carbocycles. The molecule has 0 radical (unpaired) electrons. The highest BCUT2D eigenvalue weighted by atomic mass is 79.9. The lowest BCUT2D eigenvalue weighted by molar-refractivity contribution is -0.135. The molecule has 0 unspecified atom stereocenters. The second kappa shape index (κ2) is 7.89. The summed E-state index contributed by atoms with van der Waals surface area (Å²) in [6.07, 6.45) is 4.44. The maximum atomic E-state index is 11.8. The van der Waals surface area contributed by atoms with Crippen molar-refractivity contribution in [2.24, 2.45) is 5.92 Å². The van der Waals surface area contributed by atoms with Crippen LogP contribution in [0.1, 0.15) is 24.8 Å². The molecule has 116 valence electrons. The second-order valence-corrected chi connectivity index (χ2v) is 6.12. The fraction of sp³-hybridized carbons (Fsp3) is 0.312. The highest BCUT2D eigenvalue weighted by molar-refractivity contribution is 9.10. The van der Waals surface area contributed by atoms with Crippen LogP contribution in [0.3, 0.4) is 0 Å². The number of halogens is 1. The highest BCUT2D eigenvalue weighted by Crippen LogP contribution is 2.17. The Morgan fingerprint density at radius 1 is 1.23 bits per heavy atom. The Labute approximate surface area is 137 Å². The molecule has 0 spiro atoms. The Hall–Kier alpha value is -1.95. The van der Waals surface area contributed by atoms with Gasteiger partial charge in [0.1, 0.15) is 0 Å². The minimum Gasteiger partial charge on any atom is -0.353 e. The van der Waals surface area contributed by atoms with Gasteiger partial charge in [-0.1, -0.05) is 40.2 Å². The van der Waals surface area contributed by atoms with E-state index in [0.717, 1.165) is 10.0 Å². The quantitative estimate of drug-likeness (QED) is 0.784. The molecular weight excluding hydrogens is 348 g/mol. The molecule has 1 aromatic rings. The molecule has 6 heteroatoms. The van der Waals surface area contributed by atoms with Gasteiger partial charge in [0.2, 0.25) is 17.7 Å². The van der Waals surface area contributed by atoms with E-state index in [4.69, 9.17) is 0 Å². The summed E-state index contributed by atoms with van der Waals surface area (Å²) in [5, 5.41) is 5.00. The van der Waals surface area contributed by atoms with Gasteiger partial charge in [-0.25, -0.2) is 0 Å². The van der Waals surface area contributed by atoms with Crippen LogP contribution in [0.4, 0.5) is 0 Å². The smallest absolute Gasteiger partial charge is 0.226 e. The minimum absolute atomic E-state index is 0.145. The van der Waals surface area contributed by atoms with E-state index in [1.54, 1.807) is 0 Å². The van der Waals surface area contributed by atoms with Crippen molar-refractivity contribution in [1.82, 2.24) is 10.6 Å². The maximum Gasteiger partial charge on any atom is 0.226 e. The summed E-state index contributed by atoms with van der Waals surface area (Å²) in [5.74, 6) is -0.946. The topological polar surface area (TPSA) is 75.3 Å². The number of amides is 3. The molecule has 0 bridgehead atoms. The van der Waals surface area contributed by atoms with Crippen LogP contribution >= 0.6 is 15.9 Å². The zero-order valence-corrected chi connectivity index (χ0v) is 13.6. The first-order valence-electron chi connectivity index (χ1n) is 7.04. The van der Waals surface area contributed by atoms with Gasteiger partial charge >= 0.3 is 0 Å². The first-order chi connectivity index (χ1) is 10.5. The van der Waals surface area contributed by atoms with E-state index < -0.39 is 0 Å². The van der Waals surface area contributed by atoms with Crippen molar-refractivity contribution in [2.75, 3.05) is 6.54 Å². The van der Waals surface area contributed by atoms with E-state index in [9.17, 15) is 14.4 Å². The fourth-order valence-corrected chi connectivity index (χ4v) is 2.54. The molecule has 3 amide bonds. The van der Waals surface area contributed by atoms with Gasteiger partial charge in [-0.15, -0.1) is 0 Å². The summed E-state index contributed by atoms with van der Waals surface area (Å²) >= 11 is 3.37. The van der Waals surface area contributed by atoms with E-state index in [1.165, 1.54) is 0 Å². The Balaban J connectivity index is 1.72. The lowest BCUT2D eigenvalue weighted by Crippen LogP contribution is -2.40. The third kappa shape index (κ3) is 5.44. The molecule has 1 fully saturated rings. The van der Waals surface area contributed by atoms with Crippen molar-refractivity contribution in [3.8, 4) is 0 Å². The number of hydrogen-bond donors (Lipinski definition) is 2. The molecule has 1 heterocycles. The van der Waals surface area contributed by atoms with Crippen molar-refractivity contribution in [3.05, 3.63) is 40.4 Å². The molecule has 22 heavy (non-hydrogen) atoms. The zero-order valence-electron chi connectivity index (χ0n) is 12.0. The third-order valence-electron chi connectivity index (χ3n) is 3.30. The summed E-state index contributed by atoms with van der Waals surface area (Å²) in [6.45, 7) is 0.418. The number of hydrogen-bond acceptors (Lipinski definition) is 3. The molecule has 0 atom stereocenters. The molecule has 2 rings (SSSR count). The normalized spacial score (nSPS) is 15.9. The summed E-state index contributed by atoms with van der Waals surface area (Å²) in [7, 11) is 0. The standard InChI is InChI=1S/C16H17BrN2O3/c17-13-5-3-11(4-6-13)2-1-7-18-14(20)8-12-9-15(21)19-16(22)10-12/h1-6,12H,7-10H2,(H,18,20)(H,19,21,22)/b2-1+. The van der Waals surface area contributed by atoms with E-state index in [2.05, 4.69) is 26.6 Å². The molecule has 5 nitrogen and oxygen atoms in total. The SMILES string of the molecule is O=C(CC1CC(=O)NC(=O)C1)NC/C=C/c1ccc(Br)cc1. The second-order valence-electron chi connectivity index (χ2n) is 5.21. The van der Waals surface area contributed by atoms with Crippen LogP contribution in [0, 0.1) is 5.92 Å². The first kappa shape index (κ1) is 16.4. The number of piperidine rings is 1. The van der Waals surface area contributed by atoms with Gasteiger partial charge in [-0.2, -0.15) is 0 Å². The molecule has 1 aliphatic rings. The molecule has 1 saturated heterocycles. The number of rotatable bonds is 5. The molecular formula is C16H17BrN2O3. The summed E-state index contributed by atoms with van der Waals surface area (Å²) in [5.41, 5.74) is 1.05. The van der Waals surface area contributed by atoms with E-state index in [-0.39, 0.29) is 42.9 Å². The molecule has 1 aliphatic heterocycles. The van der Waals surface area contributed by atoms with E-state index in [0.29, 0.717) is 6.54 Å². The van der Waals surface area contributed by atoms with Crippen LogP contribution in [0.2, 0.25) is 0 Å². The predicted molar refractivity (Wildman–Crippen MR) is 86.7 cm³/mol. The van der Waals surface area contributed by atoms with Gasteiger partial charge in [-0.05, 0) is 23.6 Å². The monoisotopic (exact) mass is 364 g/mol. The molecule has 0 aliphatic carbocycles. The van der Waals surface area contributed by atoms with Crippen LogP contribution in [0.25, 0.3) is 6.08 Å². The number of imide groups is 1. The van der Waals surface area contributed by atoms with E-state index in [1.807, 2.05) is 36.4 Å². The Kier molecular flexibility index (Phi) is 5.89. The number of benzene rings is 1. The van der Waals surface area contributed by atoms with Gasteiger partial charge in [0.05, 0.1) is 0 Å². The van der Waals surface area contributed by atoms with Crippen molar-refractivity contribution in [2.45, 2.75) is 19.3 Å². The van der Waals surface area contributed by atoms with Crippen LogP contribution in [-0.2, 0) is 14.4 Å². The Morgan fingerprint density at radius 3 is 2.50 bits per heavy atom. The van der Waals surface area contributed by atoms with Crippen LogP contribution < -0.4 is 10.6 Å². The van der Waals surface area contributed by atoms with Crippen LogP contribution in [0.5, 0.6) is 0 Å². The summed E-state index contributed by atoms with van der Waals surface area (Å²) < 4.78 is 1.02. The largest absolute Gasteiger partial charge is 0.353 e. The summed E-state index contributed by atoms with van der Waals surface area (Å²) in [6, 6.07) is 7.83. The molecule has 0 aromatic heterocycles. The number of nitrogens with one attached hydrogen (secondary N) is 2. The van der Waals surface area contributed by atoms with Gasteiger partial charge in [-0.3, -0.25) is 19.7 Å². The minimum atomic E-state index is -0.302. The summed E-state index contributed by atoms with van der Waals surface area (Å²) in [4.78, 5) is 34.2. The first-order valence-corrected chi connectivity index (χ1v) is 7.83. The number of carbonyl (C=O) groups is 3. The van der Waals surface area contributed by atoms with Crippen LogP contribution in [-0.4, -0.2) is 24.3 Å². The molecule has 1 aromatic carbocycles. The van der Waals surface area contributed by atoms with Gasteiger partial charge in [0.25, 0.3) is 0 Å². The average Bonchev–Trinajstić information content (AvgIpc) is 2.44. The third-order valence-corrected chi connectivity index (χ3v) is 3.83. The number of carbonyl (C=O) groups excluding carboxylic acids is 3. The van der Waals surface area contributed by atoms with Crippen molar-refractivity contribution >= 4 is 39.7 Å².